The molecular formula is C12H22N2O5. The van der Waals surface area contributed by atoms with Crippen LogP contribution < -0.4 is 0 Å². The Morgan fingerprint density at radius 3 is 2.53 bits per heavy atom. The molecule has 2 amide bonds. The summed E-state index contributed by atoms with van der Waals surface area (Å²) in [7, 11) is 2.88. The topological polar surface area (TPSA) is 68.3 Å². The number of nitrogens with zero attached hydrogens (tertiary/aromatic N) is 2. The Hall–Kier alpha value is -1.34. The van der Waals surface area contributed by atoms with Gasteiger partial charge in [-0.05, 0) is 20.8 Å². The average molecular weight is 274 g/mol. The third-order valence-electron chi connectivity index (χ3n) is 2.63. The van der Waals surface area contributed by atoms with Crippen LogP contribution in [0.15, 0.2) is 0 Å². The van der Waals surface area contributed by atoms with E-state index >= 15 is 0 Å². The number of carbonyl (C=O) groups excluding carboxylic acids is 2. The highest BCUT2D eigenvalue weighted by molar-refractivity contribution is 5.85. The van der Waals surface area contributed by atoms with Gasteiger partial charge in [-0.15, -0.1) is 0 Å². The minimum atomic E-state index is -0.714. The number of hydrogen-bond acceptors (Lipinski definition) is 5. The largest absolute Gasteiger partial charge is 0.444 e. The zero-order valence-electron chi connectivity index (χ0n) is 12.1. The highest BCUT2D eigenvalue weighted by Crippen LogP contribution is 2.15. The molecule has 0 N–H and O–H groups in total. The number of hydrogen-bond donors (Lipinski definition) is 0. The average Bonchev–Trinajstić information content (AvgIpc) is 2.35. The van der Waals surface area contributed by atoms with Crippen LogP contribution in [0.5, 0.6) is 0 Å². The summed E-state index contributed by atoms with van der Waals surface area (Å²) in [6, 6.07) is -0.714. The monoisotopic (exact) mass is 274 g/mol. The molecule has 1 fully saturated rings. The Bertz CT molecular complexity index is 340. The van der Waals surface area contributed by atoms with Gasteiger partial charge >= 0.3 is 6.09 Å². The van der Waals surface area contributed by atoms with Crippen molar-refractivity contribution in [3.8, 4) is 0 Å². The van der Waals surface area contributed by atoms with Crippen molar-refractivity contribution < 1.29 is 23.9 Å². The van der Waals surface area contributed by atoms with Gasteiger partial charge in [0.25, 0.3) is 5.91 Å². The van der Waals surface area contributed by atoms with Crippen molar-refractivity contribution in [1.29, 1.82) is 0 Å². The number of likely N-dealkylation sites (N-methyl/N-ethyl adjacent to an activating group) is 1. The number of amides is 2. The van der Waals surface area contributed by atoms with Gasteiger partial charge in [-0.3, -0.25) is 14.5 Å². The Kier molecular flexibility index (Phi) is 5.13. The second-order valence-electron chi connectivity index (χ2n) is 5.28. The summed E-state index contributed by atoms with van der Waals surface area (Å²) in [5.74, 6) is -0.340. The molecule has 1 aliphatic heterocycles. The Labute approximate surface area is 113 Å². The van der Waals surface area contributed by atoms with E-state index in [1.807, 2.05) is 0 Å². The number of hydroxylamine groups is 2. The molecule has 0 saturated carbocycles. The zero-order valence-corrected chi connectivity index (χ0v) is 12.1. The predicted octanol–water partition coefficient (Wildman–Crippen LogP) is 0.642. The second kappa shape index (κ2) is 6.21. The van der Waals surface area contributed by atoms with Crippen LogP contribution in [-0.4, -0.2) is 67.5 Å². The van der Waals surface area contributed by atoms with Gasteiger partial charge in [0.05, 0.1) is 20.3 Å². The first-order valence-corrected chi connectivity index (χ1v) is 6.15. The van der Waals surface area contributed by atoms with Crippen LogP contribution in [0.3, 0.4) is 0 Å². The summed E-state index contributed by atoms with van der Waals surface area (Å²) < 4.78 is 10.5. The van der Waals surface area contributed by atoms with Crippen molar-refractivity contribution in [3.63, 3.8) is 0 Å². The molecule has 0 aromatic carbocycles. The Morgan fingerprint density at radius 1 is 1.37 bits per heavy atom. The van der Waals surface area contributed by atoms with Crippen molar-refractivity contribution in [2.24, 2.45) is 0 Å². The Morgan fingerprint density at radius 2 is 2.00 bits per heavy atom. The lowest BCUT2D eigenvalue weighted by atomic mass is 10.2. The van der Waals surface area contributed by atoms with Crippen molar-refractivity contribution in [2.45, 2.75) is 32.4 Å². The standard InChI is InChI=1S/C12H22N2O5/c1-12(2,3)19-11(16)14-6-7-18-8-9(14)10(15)13(4)17-5/h9H,6-8H2,1-5H3/t9-/m1/s1. The van der Waals surface area contributed by atoms with Crippen molar-refractivity contribution in [1.82, 2.24) is 9.96 Å². The summed E-state index contributed by atoms with van der Waals surface area (Å²) >= 11 is 0. The molecule has 1 rings (SSSR count). The molecule has 19 heavy (non-hydrogen) atoms. The third kappa shape index (κ3) is 4.36. The maximum Gasteiger partial charge on any atom is 0.411 e. The van der Waals surface area contributed by atoms with Crippen LogP contribution in [0.1, 0.15) is 20.8 Å². The van der Waals surface area contributed by atoms with Crippen LogP contribution in [0.4, 0.5) is 4.79 Å². The molecule has 0 aliphatic carbocycles. The molecule has 0 radical (unpaired) electrons. The highest BCUT2D eigenvalue weighted by atomic mass is 16.7. The van der Waals surface area contributed by atoms with E-state index in [-0.39, 0.29) is 12.5 Å². The van der Waals surface area contributed by atoms with E-state index in [2.05, 4.69) is 0 Å². The minimum Gasteiger partial charge on any atom is -0.444 e. The van der Waals surface area contributed by atoms with E-state index in [9.17, 15) is 9.59 Å². The zero-order chi connectivity index (χ0) is 14.6. The van der Waals surface area contributed by atoms with Gasteiger partial charge in [-0.2, -0.15) is 0 Å². The van der Waals surface area contributed by atoms with Gasteiger partial charge < -0.3 is 9.47 Å². The number of morpholine rings is 1. The van der Waals surface area contributed by atoms with Gasteiger partial charge in [0.1, 0.15) is 11.6 Å². The third-order valence-corrected chi connectivity index (χ3v) is 2.63. The van der Waals surface area contributed by atoms with Gasteiger partial charge in [-0.25, -0.2) is 9.86 Å². The quantitative estimate of drug-likeness (QED) is 0.691. The summed E-state index contributed by atoms with van der Waals surface area (Å²) in [6.07, 6.45) is -0.515. The first kappa shape index (κ1) is 15.7. The van der Waals surface area contributed by atoms with Gasteiger partial charge in [0, 0.05) is 13.6 Å². The number of ether oxygens (including phenoxy) is 2. The van der Waals surface area contributed by atoms with Crippen LogP contribution in [0, 0.1) is 0 Å². The molecule has 110 valence electrons. The first-order chi connectivity index (χ1) is 8.76. The highest BCUT2D eigenvalue weighted by Gasteiger charge is 2.37. The van der Waals surface area contributed by atoms with Crippen molar-refractivity contribution >= 4 is 12.0 Å². The van der Waals surface area contributed by atoms with E-state index in [1.165, 1.54) is 19.1 Å². The van der Waals surface area contributed by atoms with Crippen LogP contribution in [0.25, 0.3) is 0 Å². The molecule has 0 unspecified atom stereocenters. The van der Waals surface area contributed by atoms with Crippen molar-refractivity contribution in [3.05, 3.63) is 0 Å². The molecule has 1 saturated heterocycles. The summed E-state index contributed by atoms with van der Waals surface area (Å²) in [5.41, 5.74) is -0.601. The van der Waals surface area contributed by atoms with Gasteiger partial charge in [0.15, 0.2) is 0 Å². The fourth-order valence-electron chi connectivity index (χ4n) is 1.65. The molecule has 1 aliphatic rings. The SMILES string of the molecule is CON(C)C(=O)[C@H]1COCCN1C(=O)OC(C)(C)C. The second-order valence-corrected chi connectivity index (χ2v) is 5.28. The van der Waals surface area contributed by atoms with Crippen molar-refractivity contribution in [2.75, 3.05) is 33.9 Å². The molecule has 7 nitrogen and oxygen atoms in total. The number of rotatable bonds is 2. The lowest BCUT2D eigenvalue weighted by Gasteiger charge is -2.36. The predicted molar refractivity (Wildman–Crippen MR) is 67.3 cm³/mol. The van der Waals surface area contributed by atoms with Gasteiger partial charge in [0.2, 0.25) is 0 Å². The first-order valence-electron chi connectivity index (χ1n) is 6.15. The normalized spacial score (nSPS) is 20.1. The summed E-state index contributed by atoms with van der Waals surface area (Å²) in [6.45, 7) is 6.20. The lowest BCUT2D eigenvalue weighted by Crippen LogP contribution is -2.56. The van der Waals surface area contributed by atoms with E-state index in [0.29, 0.717) is 13.2 Å². The van der Waals surface area contributed by atoms with E-state index in [0.717, 1.165) is 5.06 Å². The van der Waals surface area contributed by atoms with Crippen LogP contribution in [-0.2, 0) is 19.1 Å². The van der Waals surface area contributed by atoms with E-state index < -0.39 is 17.7 Å². The van der Waals surface area contributed by atoms with Gasteiger partial charge in [-0.1, -0.05) is 0 Å². The molecule has 0 bridgehead atoms. The van der Waals surface area contributed by atoms with Crippen LogP contribution >= 0.6 is 0 Å². The summed E-state index contributed by atoms with van der Waals surface area (Å²) in [4.78, 5) is 30.4. The molecular weight excluding hydrogens is 252 g/mol. The lowest BCUT2D eigenvalue weighted by molar-refractivity contribution is -0.179. The molecule has 1 atom stereocenters. The minimum absolute atomic E-state index is 0.145. The molecule has 0 spiro atoms. The smallest absolute Gasteiger partial charge is 0.411 e. The molecule has 1 heterocycles. The maximum atomic E-state index is 12.1. The Balaban J connectivity index is 2.78. The van der Waals surface area contributed by atoms with E-state index in [4.69, 9.17) is 14.3 Å². The fourth-order valence-corrected chi connectivity index (χ4v) is 1.65. The molecule has 7 heteroatoms. The number of carbonyl (C=O) groups is 2. The van der Waals surface area contributed by atoms with Crippen LogP contribution in [0.2, 0.25) is 0 Å². The molecule has 0 aromatic rings. The summed E-state index contributed by atoms with van der Waals surface area (Å²) in [5, 5.41) is 1.08. The van der Waals surface area contributed by atoms with E-state index in [1.54, 1.807) is 20.8 Å². The molecule has 0 aromatic heterocycles. The maximum absolute atomic E-state index is 12.1. The fraction of sp³-hybridized carbons (Fsp3) is 0.833.